The van der Waals surface area contributed by atoms with Crippen LogP contribution in [0.1, 0.15) is 10.4 Å². The van der Waals surface area contributed by atoms with Gasteiger partial charge in [0.05, 0.1) is 6.61 Å². The molecule has 0 saturated carbocycles. The highest BCUT2D eigenvalue weighted by Gasteiger charge is 2.15. The van der Waals surface area contributed by atoms with Gasteiger partial charge in [-0.1, -0.05) is 0 Å². The van der Waals surface area contributed by atoms with Crippen LogP contribution in [0.5, 0.6) is 0 Å². The summed E-state index contributed by atoms with van der Waals surface area (Å²) < 4.78 is 35.3. The molecule has 0 saturated heterocycles. The minimum Gasteiger partial charge on any atom is -0.384 e. The number of thiophene rings is 1. The van der Waals surface area contributed by atoms with Crippen molar-refractivity contribution in [3.8, 4) is 0 Å². The van der Waals surface area contributed by atoms with Gasteiger partial charge in [-0.05, 0) is 25.0 Å². The summed E-state index contributed by atoms with van der Waals surface area (Å²) in [7, 11) is -2.46. The number of hydrogen-bond donors (Lipinski definition) is 1. The van der Waals surface area contributed by atoms with Gasteiger partial charge in [0.15, 0.2) is 0 Å². The molecule has 0 unspecified atom stereocenters. The molecule has 0 aliphatic rings. The summed E-state index contributed by atoms with van der Waals surface area (Å²) in [6.45, 7) is 2.37. The minimum atomic E-state index is -4.05. The summed E-state index contributed by atoms with van der Waals surface area (Å²) in [6, 6.07) is 1.49. The quantitative estimate of drug-likeness (QED) is 0.804. The molecule has 80 valence electrons. The average Bonchev–Trinajstić information content (AvgIpc) is 2.43. The zero-order valence-corrected chi connectivity index (χ0v) is 9.61. The molecule has 6 heteroatoms. The van der Waals surface area contributed by atoms with E-state index >= 15 is 0 Å². The summed E-state index contributed by atoms with van der Waals surface area (Å²) in [5, 5.41) is 0. The Labute approximate surface area is 87.3 Å². The van der Waals surface area contributed by atoms with Gasteiger partial charge in [-0.2, -0.15) is 8.42 Å². The van der Waals surface area contributed by atoms with Gasteiger partial charge in [-0.3, -0.25) is 4.55 Å². The van der Waals surface area contributed by atoms with Gasteiger partial charge in [0.25, 0.3) is 0 Å². The summed E-state index contributed by atoms with van der Waals surface area (Å²) in [5.74, 6) is 0. The van der Waals surface area contributed by atoms with Crippen LogP contribution in [0, 0.1) is 6.92 Å². The zero-order chi connectivity index (χ0) is 10.8. The lowest BCUT2D eigenvalue weighted by Gasteiger charge is -1.96. The van der Waals surface area contributed by atoms with Crippen molar-refractivity contribution in [2.45, 2.75) is 17.6 Å². The molecular weight excluding hydrogens is 224 g/mol. The predicted octanol–water partition coefficient (Wildman–Crippen LogP) is 1.49. The Morgan fingerprint density at radius 3 is 2.64 bits per heavy atom. The largest absolute Gasteiger partial charge is 0.384 e. The molecule has 0 aliphatic heterocycles. The van der Waals surface area contributed by atoms with Gasteiger partial charge in [-0.15, -0.1) is 11.3 Å². The first-order valence-corrected chi connectivity index (χ1v) is 6.26. The topological polar surface area (TPSA) is 63.6 Å². The van der Waals surface area contributed by atoms with Gasteiger partial charge in [0.2, 0.25) is 0 Å². The van der Waals surface area contributed by atoms with E-state index in [-0.39, 0.29) is 4.21 Å². The van der Waals surface area contributed by atoms with Gasteiger partial charge >= 0.3 is 10.1 Å². The third-order valence-corrected chi connectivity index (χ3v) is 4.22. The molecule has 0 fully saturated rings. The standard InChI is InChI=1S/C8H12O4S2/c1-6-7(3-4-12-2)5-8(13-6)14(9,10)11/h5H,3-4H2,1-2H3,(H,9,10,11). The van der Waals surface area contributed by atoms with Crippen molar-refractivity contribution in [2.24, 2.45) is 0 Å². The molecule has 0 aromatic carbocycles. The van der Waals surface area contributed by atoms with Gasteiger partial charge in [0.1, 0.15) is 4.21 Å². The second-order valence-electron chi connectivity index (χ2n) is 2.86. The third kappa shape index (κ3) is 2.78. The van der Waals surface area contributed by atoms with Crippen LogP contribution in [0.2, 0.25) is 0 Å². The number of hydrogen-bond acceptors (Lipinski definition) is 4. The highest BCUT2D eigenvalue weighted by molar-refractivity contribution is 7.88. The SMILES string of the molecule is COCCc1cc(S(=O)(=O)O)sc1C. The van der Waals surface area contributed by atoms with E-state index in [1.807, 2.05) is 6.92 Å². The maximum absolute atomic E-state index is 10.8. The number of methoxy groups -OCH3 is 1. The smallest absolute Gasteiger partial charge is 0.304 e. The average molecular weight is 236 g/mol. The van der Waals surface area contributed by atoms with Gasteiger partial charge in [-0.25, -0.2) is 0 Å². The van der Waals surface area contributed by atoms with Crippen LogP contribution in [0.15, 0.2) is 10.3 Å². The lowest BCUT2D eigenvalue weighted by Crippen LogP contribution is -1.95. The van der Waals surface area contributed by atoms with E-state index in [1.54, 1.807) is 7.11 Å². The monoisotopic (exact) mass is 236 g/mol. The summed E-state index contributed by atoms with van der Waals surface area (Å²) >= 11 is 1.08. The Balaban J connectivity index is 2.94. The van der Waals surface area contributed by atoms with E-state index in [0.717, 1.165) is 21.8 Å². The first kappa shape index (κ1) is 11.6. The van der Waals surface area contributed by atoms with E-state index in [2.05, 4.69) is 0 Å². The molecule has 14 heavy (non-hydrogen) atoms. The van der Waals surface area contributed by atoms with Crippen LogP contribution in [0.4, 0.5) is 0 Å². The molecule has 1 aromatic rings. The molecule has 0 radical (unpaired) electrons. The molecule has 1 heterocycles. The maximum Gasteiger partial charge on any atom is 0.304 e. The molecule has 0 bridgehead atoms. The molecule has 0 atom stereocenters. The number of ether oxygens (including phenoxy) is 1. The maximum atomic E-state index is 10.8. The van der Waals surface area contributed by atoms with Crippen molar-refractivity contribution < 1.29 is 17.7 Å². The third-order valence-electron chi connectivity index (χ3n) is 1.83. The Kier molecular flexibility index (Phi) is 3.65. The predicted molar refractivity (Wildman–Crippen MR) is 54.5 cm³/mol. The first-order chi connectivity index (χ1) is 6.45. The molecule has 1 rings (SSSR count). The Bertz CT molecular complexity index is 405. The van der Waals surface area contributed by atoms with Crippen molar-refractivity contribution in [3.63, 3.8) is 0 Å². The molecule has 1 N–H and O–H groups in total. The lowest BCUT2D eigenvalue weighted by atomic mass is 10.2. The van der Waals surface area contributed by atoms with E-state index in [0.29, 0.717) is 13.0 Å². The van der Waals surface area contributed by atoms with E-state index in [9.17, 15) is 8.42 Å². The highest BCUT2D eigenvalue weighted by Crippen LogP contribution is 2.25. The van der Waals surface area contributed by atoms with Crippen LogP contribution < -0.4 is 0 Å². The molecular formula is C8H12O4S2. The molecule has 0 aliphatic carbocycles. The fraction of sp³-hybridized carbons (Fsp3) is 0.500. The van der Waals surface area contributed by atoms with Crippen LogP contribution in [-0.2, 0) is 21.3 Å². The summed E-state index contributed by atoms with van der Waals surface area (Å²) in [6.07, 6.45) is 0.661. The first-order valence-electron chi connectivity index (χ1n) is 4.01. The van der Waals surface area contributed by atoms with E-state index in [4.69, 9.17) is 9.29 Å². The second-order valence-corrected chi connectivity index (χ2v) is 5.77. The van der Waals surface area contributed by atoms with Crippen molar-refractivity contribution >= 4 is 21.5 Å². The minimum absolute atomic E-state index is 0.00102. The fourth-order valence-electron chi connectivity index (χ4n) is 1.08. The number of rotatable bonds is 4. The highest BCUT2D eigenvalue weighted by atomic mass is 32.3. The number of aryl methyl sites for hydroxylation is 1. The fourth-order valence-corrected chi connectivity index (χ4v) is 2.96. The Morgan fingerprint density at radius 2 is 2.21 bits per heavy atom. The normalized spacial score (nSPS) is 11.9. The van der Waals surface area contributed by atoms with Crippen molar-refractivity contribution in [1.82, 2.24) is 0 Å². The summed E-state index contributed by atoms with van der Waals surface area (Å²) in [4.78, 5) is 0.898. The van der Waals surface area contributed by atoms with Crippen LogP contribution in [-0.4, -0.2) is 26.7 Å². The molecule has 4 nitrogen and oxygen atoms in total. The lowest BCUT2D eigenvalue weighted by molar-refractivity contribution is 0.202. The van der Waals surface area contributed by atoms with Crippen LogP contribution in [0.3, 0.4) is 0 Å². The van der Waals surface area contributed by atoms with Crippen molar-refractivity contribution in [2.75, 3.05) is 13.7 Å². The molecule has 1 aromatic heterocycles. The van der Waals surface area contributed by atoms with E-state index in [1.165, 1.54) is 6.07 Å². The Hall–Kier alpha value is -0.430. The Morgan fingerprint density at radius 1 is 1.57 bits per heavy atom. The van der Waals surface area contributed by atoms with E-state index < -0.39 is 10.1 Å². The van der Waals surface area contributed by atoms with Gasteiger partial charge < -0.3 is 4.74 Å². The van der Waals surface area contributed by atoms with Crippen LogP contribution >= 0.6 is 11.3 Å². The van der Waals surface area contributed by atoms with Crippen molar-refractivity contribution in [1.29, 1.82) is 0 Å². The van der Waals surface area contributed by atoms with Crippen LogP contribution in [0.25, 0.3) is 0 Å². The summed E-state index contributed by atoms with van der Waals surface area (Å²) in [5.41, 5.74) is 0.907. The van der Waals surface area contributed by atoms with Crippen molar-refractivity contribution in [3.05, 3.63) is 16.5 Å². The molecule has 0 spiro atoms. The molecule has 0 amide bonds. The zero-order valence-electron chi connectivity index (χ0n) is 7.98. The second kappa shape index (κ2) is 4.39. The van der Waals surface area contributed by atoms with Gasteiger partial charge in [0, 0.05) is 12.0 Å².